The number of rotatable bonds is 2. The normalized spacial score (nSPS) is 40.9. The molecule has 1 heterocycles. The van der Waals surface area contributed by atoms with E-state index >= 15 is 0 Å². The monoisotopic (exact) mass is 405 g/mol. The van der Waals surface area contributed by atoms with Gasteiger partial charge in [0.2, 0.25) is 11.8 Å². The third kappa shape index (κ3) is 1.67. The molecule has 0 unspecified atom stereocenters. The van der Waals surface area contributed by atoms with E-state index in [4.69, 9.17) is 0 Å². The maximum Gasteiger partial charge on any atom is 0.234 e. The molecular weight excluding hydrogens is 389 g/mol. The molecule has 0 aromatic heterocycles. The van der Waals surface area contributed by atoms with Gasteiger partial charge in [-0.1, -0.05) is 24.3 Å². The summed E-state index contributed by atoms with van der Waals surface area (Å²) in [5.41, 5.74) is 1.03. The largest absolute Gasteiger partial charge is 0.278 e. The topological polar surface area (TPSA) is 37.4 Å². The number of nitrogens with zero attached hydrogens (tertiary/aromatic N) is 1. The molecule has 0 radical (unpaired) electrons. The van der Waals surface area contributed by atoms with Gasteiger partial charge in [-0.05, 0) is 70.4 Å². The van der Waals surface area contributed by atoms with E-state index in [0.29, 0.717) is 30.2 Å². The third-order valence-electron chi connectivity index (χ3n) is 6.01. The van der Waals surface area contributed by atoms with Gasteiger partial charge in [0, 0.05) is 3.57 Å². The van der Waals surface area contributed by atoms with Gasteiger partial charge in [-0.2, -0.15) is 0 Å². The van der Waals surface area contributed by atoms with Crippen LogP contribution in [0.3, 0.4) is 0 Å². The molecular formula is C18H16INO2. The maximum atomic E-state index is 12.8. The Balaban J connectivity index is 1.46. The molecule has 5 aliphatic rings. The Labute approximate surface area is 142 Å². The van der Waals surface area contributed by atoms with Gasteiger partial charge in [-0.15, -0.1) is 0 Å². The number of carbonyl (C=O) groups excluding carboxylic acids is 2. The predicted octanol–water partition coefficient (Wildman–Crippen LogP) is 2.84. The number of hydrogen-bond donors (Lipinski definition) is 0. The second-order valence-electron chi connectivity index (χ2n) is 7.04. The van der Waals surface area contributed by atoms with Crippen molar-refractivity contribution in [3.05, 3.63) is 45.6 Å². The van der Waals surface area contributed by atoms with Gasteiger partial charge in [-0.25, -0.2) is 0 Å². The minimum absolute atomic E-state index is 0.0678. The molecule has 4 aliphatic carbocycles. The van der Waals surface area contributed by atoms with Crippen molar-refractivity contribution in [1.82, 2.24) is 4.90 Å². The van der Waals surface area contributed by atoms with Crippen molar-refractivity contribution in [1.29, 1.82) is 0 Å². The average Bonchev–Trinajstić information content (AvgIpc) is 3.30. The fourth-order valence-electron chi connectivity index (χ4n) is 4.95. The van der Waals surface area contributed by atoms with Crippen molar-refractivity contribution >= 4 is 34.4 Å². The lowest BCUT2D eigenvalue weighted by molar-refractivity contribution is -0.140. The zero-order valence-corrected chi connectivity index (χ0v) is 14.1. The number of likely N-dealkylation sites (tertiary alicyclic amines) is 1. The molecule has 1 saturated heterocycles. The first kappa shape index (κ1) is 13.3. The lowest BCUT2D eigenvalue weighted by atomic mass is 9.63. The molecule has 6 rings (SSSR count). The van der Waals surface area contributed by atoms with E-state index in [1.54, 1.807) is 0 Å². The van der Waals surface area contributed by atoms with Gasteiger partial charge >= 0.3 is 0 Å². The minimum atomic E-state index is -0.0740. The fraction of sp³-hybridized carbons (Fsp3) is 0.444. The van der Waals surface area contributed by atoms with Gasteiger partial charge < -0.3 is 0 Å². The van der Waals surface area contributed by atoms with E-state index in [0.717, 1.165) is 9.13 Å². The molecule has 1 aliphatic heterocycles. The molecule has 4 heteroatoms. The number of imide groups is 1. The van der Waals surface area contributed by atoms with Crippen molar-refractivity contribution in [2.24, 2.45) is 35.5 Å². The van der Waals surface area contributed by atoms with Crippen LogP contribution < -0.4 is 0 Å². The number of carbonyl (C=O) groups is 2. The Morgan fingerprint density at radius 3 is 2.05 bits per heavy atom. The van der Waals surface area contributed by atoms with E-state index in [2.05, 4.69) is 34.7 Å². The molecule has 3 fully saturated rings. The summed E-state index contributed by atoms with van der Waals surface area (Å²) in [5.74, 6) is 1.97. The highest BCUT2D eigenvalue weighted by Crippen LogP contribution is 2.65. The van der Waals surface area contributed by atoms with Crippen LogP contribution in [0.15, 0.2) is 36.4 Å². The maximum absolute atomic E-state index is 12.8. The molecule has 3 nitrogen and oxygen atoms in total. The second kappa shape index (κ2) is 4.43. The first-order valence-corrected chi connectivity index (χ1v) is 9.01. The van der Waals surface area contributed by atoms with Crippen molar-refractivity contribution in [3.8, 4) is 0 Å². The summed E-state index contributed by atoms with van der Waals surface area (Å²) in [5, 5.41) is 0. The van der Waals surface area contributed by atoms with Crippen molar-refractivity contribution in [2.45, 2.75) is 13.0 Å². The van der Waals surface area contributed by atoms with Crippen LogP contribution in [0.1, 0.15) is 12.0 Å². The molecule has 1 aromatic rings. The Kier molecular flexibility index (Phi) is 2.68. The number of hydrogen-bond acceptors (Lipinski definition) is 2. The summed E-state index contributed by atoms with van der Waals surface area (Å²) in [6, 6.07) is 8.06. The average molecular weight is 405 g/mol. The number of halogens is 1. The molecule has 6 atom stereocenters. The number of allylic oxidation sites excluding steroid dienone is 2. The lowest BCUT2D eigenvalue weighted by Crippen LogP contribution is -2.40. The van der Waals surface area contributed by atoms with Gasteiger partial charge in [0.25, 0.3) is 0 Å². The second-order valence-corrected chi connectivity index (χ2v) is 8.29. The molecule has 0 spiro atoms. The van der Waals surface area contributed by atoms with Crippen molar-refractivity contribution < 1.29 is 9.59 Å². The smallest absolute Gasteiger partial charge is 0.234 e. The Morgan fingerprint density at radius 2 is 1.50 bits per heavy atom. The molecule has 1 aromatic carbocycles. The third-order valence-corrected chi connectivity index (χ3v) is 6.73. The first-order chi connectivity index (χ1) is 10.6. The summed E-state index contributed by atoms with van der Waals surface area (Å²) in [4.78, 5) is 27.2. The molecule has 22 heavy (non-hydrogen) atoms. The van der Waals surface area contributed by atoms with E-state index in [9.17, 15) is 9.59 Å². The highest BCUT2D eigenvalue weighted by Gasteiger charge is 2.66. The molecule has 2 amide bonds. The van der Waals surface area contributed by atoms with Crippen molar-refractivity contribution in [3.63, 3.8) is 0 Å². The van der Waals surface area contributed by atoms with Gasteiger partial charge in [0.05, 0.1) is 18.4 Å². The first-order valence-electron chi connectivity index (χ1n) is 7.93. The standard InChI is InChI=1S/C18H16INO2/c19-10-3-1-9(2-4-10)8-20-17(21)15-11-5-6-12(14-7-13(11)14)16(15)18(20)22/h1-6,11-16H,7-8H2/t11-,12-,13-,14+,15+,16+/m0/s1. The van der Waals surface area contributed by atoms with E-state index in [1.807, 2.05) is 24.3 Å². The van der Waals surface area contributed by atoms with Crippen LogP contribution >= 0.6 is 22.6 Å². The van der Waals surface area contributed by atoms with E-state index in [1.165, 1.54) is 11.3 Å². The fourth-order valence-corrected chi connectivity index (χ4v) is 5.31. The van der Waals surface area contributed by atoms with Crippen LogP contribution in [0.5, 0.6) is 0 Å². The quantitative estimate of drug-likeness (QED) is 0.431. The van der Waals surface area contributed by atoms with Gasteiger partial charge in [0.15, 0.2) is 0 Å². The highest BCUT2D eigenvalue weighted by molar-refractivity contribution is 14.1. The summed E-state index contributed by atoms with van der Waals surface area (Å²) in [7, 11) is 0. The summed E-state index contributed by atoms with van der Waals surface area (Å²) in [6.45, 7) is 0.427. The van der Waals surface area contributed by atoms with Crippen LogP contribution in [0.4, 0.5) is 0 Å². The van der Waals surface area contributed by atoms with Crippen LogP contribution in [-0.4, -0.2) is 16.7 Å². The lowest BCUT2D eigenvalue weighted by Gasteiger charge is -2.37. The van der Waals surface area contributed by atoms with E-state index in [-0.39, 0.29) is 23.7 Å². The van der Waals surface area contributed by atoms with Crippen LogP contribution in [0.25, 0.3) is 0 Å². The van der Waals surface area contributed by atoms with Gasteiger partial charge in [-0.3, -0.25) is 14.5 Å². The van der Waals surface area contributed by atoms with Crippen LogP contribution in [0, 0.1) is 39.1 Å². The van der Waals surface area contributed by atoms with E-state index < -0.39 is 0 Å². The summed E-state index contributed by atoms with van der Waals surface area (Å²) < 4.78 is 1.16. The SMILES string of the molecule is O=C1[C@@H]2[C@H]3C=C[C@@H]([C@@H]4C[C@H]34)[C@H]2C(=O)N1Cc1ccc(I)cc1. The molecule has 2 bridgehead atoms. The number of amides is 2. The molecule has 112 valence electrons. The van der Waals surface area contributed by atoms with Gasteiger partial charge in [0.1, 0.15) is 0 Å². The predicted molar refractivity (Wildman–Crippen MR) is 89.4 cm³/mol. The number of benzene rings is 1. The molecule has 2 saturated carbocycles. The highest BCUT2D eigenvalue weighted by atomic mass is 127. The van der Waals surface area contributed by atoms with Crippen LogP contribution in [0.2, 0.25) is 0 Å². The van der Waals surface area contributed by atoms with Crippen molar-refractivity contribution in [2.75, 3.05) is 0 Å². The Hall–Kier alpha value is -1.17. The zero-order valence-electron chi connectivity index (χ0n) is 12.0. The Bertz CT molecular complexity index is 674. The molecule has 0 N–H and O–H groups in total. The minimum Gasteiger partial charge on any atom is -0.278 e. The Morgan fingerprint density at radius 1 is 0.955 bits per heavy atom. The zero-order chi connectivity index (χ0) is 15.0. The summed E-state index contributed by atoms with van der Waals surface area (Å²) >= 11 is 2.26. The van der Waals surface area contributed by atoms with Crippen LogP contribution in [-0.2, 0) is 16.1 Å². The summed E-state index contributed by atoms with van der Waals surface area (Å²) in [6.07, 6.45) is 5.66.